The smallest absolute Gasteiger partial charge is 0 e. The van der Waals surface area contributed by atoms with Crippen molar-refractivity contribution in [3.63, 3.8) is 0 Å². The zero-order valence-electron chi connectivity index (χ0n) is 17.6. The third-order valence-corrected chi connectivity index (χ3v) is 0. The summed E-state index contributed by atoms with van der Waals surface area (Å²) in [5, 5.41) is 0. The molecular formula is C20H61F. The van der Waals surface area contributed by atoms with Gasteiger partial charge in [-0.2, -0.15) is 0 Å². The van der Waals surface area contributed by atoms with E-state index in [1.54, 1.807) is 0 Å². The van der Waals surface area contributed by atoms with E-state index in [2.05, 4.69) is 41.5 Å². The molecule has 0 fully saturated rings. The van der Waals surface area contributed by atoms with Crippen molar-refractivity contribution in [2.75, 3.05) is 0 Å². The summed E-state index contributed by atoms with van der Waals surface area (Å²) in [6.07, 6.45) is 0. The first-order valence-corrected chi connectivity index (χ1v) is 8.46. The molecule has 0 radical (unpaired) electrons. The summed E-state index contributed by atoms with van der Waals surface area (Å²) in [6.45, 7) is 33.0. The third kappa shape index (κ3) is 1310000. The van der Waals surface area contributed by atoms with Crippen LogP contribution < -0.4 is 0 Å². The van der Waals surface area contributed by atoms with Gasteiger partial charge in [-0.05, 0) is 11.8 Å². The minimum Gasteiger partial charge on any atom is -0.269 e. The topological polar surface area (TPSA) is 0 Å². The first-order valence-electron chi connectivity index (χ1n) is 8.46. The summed E-state index contributed by atoms with van der Waals surface area (Å²) < 4.78 is 0. The molecule has 0 amide bonds. The van der Waals surface area contributed by atoms with E-state index in [-0.39, 0.29) is 21.0 Å². The van der Waals surface area contributed by atoms with Crippen LogP contribution in [-0.2, 0) is 0 Å². The van der Waals surface area contributed by atoms with Crippen molar-refractivity contribution in [2.45, 2.75) is 126 Å². The summed E-state index contributed by atoms with van der Waals surface area (Å²) in [4.78, 5) is 0. The fourth-order valence-corrected chi connectivity index (χ4v) is 0. The van der Waals surface area contributed by atoms with E-state index in [9.17, 15) is 0 Å². The van der Waals surface area contributed by atoms with E-state index in [0.29, 0.717) is 0 Å². The van der Waals surface area contributed by atoms with Gasteiger partial charge in [0.05, 0.1) is 0 Å². The molecule has 148 valence electrons. The van der Waals surface area contributed by atoms with Crippen LogP contribution in [0.4, 0.5) is 4.70 Å². The predicted molar refractivity (Wildman–Crippen MR) is 116 cm³/mol. The van der Waals surface area contributed by atoms with E-state index in [0.717, 1.165) is 11.8 Å². The molecule has 0 N–H and O–H groups in total. The molecule has 1 heteroatoms. The second-order valence-electron chi connectivity index (χ2n) is 3.46. The molecule has 21 heavy (non-hydrogen) atoms. The van der Waals surface area contributed by atoms with Crippen molar-refractivity contribution in [3.05, 3.63) is 0 Å². The molecule has 0 aromatic heterocycles. The lowest BCUT2D eigenvalue weighted by Gasteiger charge is -1.79. The van der Waals surface area contributed by atoms with Gasteiger partial charge < -0.3 is 0 Å². The minimum atomic E-state index is 0. The Labute approximate surface area is 144 Å². The molecule has 0 aliphatic carbocycles. The van der Waals surface area contributed by atoms with Gasteiger partial charge in [0.1, 0.15) is 0 Å². The summed E-state index contributed by atoms with van der Waals surface area (Å²) >= 11 is 0. The Balaban J connectivity index is -0.00000000713. The highest BCUT2D eigenvalue weighted by Crippen LogP contribution is 1.81. The molecule has 0 saturated carbocycles. The number of hydrogen-bond donors (Lipinski definition) is 0. The lowest BCUT2D eigenvalue weighted by Crippen LogP contribution is -1.66. The molecule has 0 spiro atoms. The van der Waals surface area contributed by atoms with Gasteiger partial charge in [0.2, 0.25) is 0 Å². The maximum atomic E-state index is 2.17. The summed E-state index contributed by atoms with van der Waals surface area (Å²) in [5.74, 6) is 1.67. The second kappa shape index (κ2) is 203. The Morgan fingerprint density at radius 2 is 0.381 bits per heavy atom. The highest BCUT2D eigenvalue weighted by atomic mass is 19.0. The van der Waals surface area contributed by atoms with Crippen LogP contribution in [0.1, 0.15) is 127 Å². The number of rotatable bonds is 0. The molecule has 0 unspecified atom stereocenters. The van der Waals surface area contributed by atoms with E-state index < -0.39 is 0 Å². The van der Waals surface area contributed by atoms with Gasteiger partial charge in [0.25, 0.3) is 0 Å². The zero-order chi connectivity index (χ0) is 17.2. The molecule has 0 aromatic carbocycles. The molecule has 0 nitrogen and oxygen atoms in total. The van der Waals surface area contributed by atoms with Crippen LogP contribution in [0.15, 0.2) is 0 Å². The van der Waals surface area contributed by atoms with Crippen molar-refractivity contribution < 1.29 is 6.13 Å². The van der Waals surface area contributed by atoms with Gasteiger partial charge in [-0.25, -0.2) is 0 Å². The SMILES string of the molecule is C.C.CC.CC.CC.CC.CC.CC(C)C.CC(C)C.F.[2HH]. The van der Waals surface area contributed by atoms with Crippen molar-refractivity contribution >= 4 is 0 Å². The van der Waals surface area contributed by atoms with Crippen LogP contribution in [0.25, 0.3) is 0 Å². The summed E-state index contributed by atoms with van der Waals surface area (Å²) in [5.41, 5.74) is 0. The maximum absolute atomic E-state index is 2.17. The van der Waals surface area contributed by atoms with Crippen molar-refractivity contribution in [2.24, 2.45) is 11.8 Å². The van der Waals surface area contributed by atoms with E-state index in [4.69, 9.17) is 0 Å². The highest BCUT2D eigenvalue weighted by molar-refractivity contribution is 4.21. The molecule has 0 saturated heterocycles. The first kappa shape index (κ1) is 69.6. The summed E-state index contributed by atoms with van der Waals surface area (Å²) in [6, 6.07) is 0. The van der Waals surface area contributed by atoms with Gasteiger partial charge >= 0.3 is 0 Å². The molecule has 0 heterocycles. The maximum Gasteiger partial charge on any atom is 0 e. The van der Waals surface area contributed by atoms with Gasteiger partial charge in [-0.3, -0.25) is 4.70 Å². The van der Waals surface area contributed by atoms with Crippen LogP contribution in [0, 0.1) is 11.8 Å². The number of halogens is 1. The Morgan fingerprint density at radius 3 is 0.381 bits per heavy atom. The molecule has 0 bridgehead atoms. The molecule has 0 rings (SSSR count). The van der Waals surface area contributed by atoms with Gasteiger partial charge in [-0.1, -0.05) is 126 Å². The zero-order valence-corrected chi connectivity index (χ0v) is 17.6. The Hall–Kier alpha value is -0.0700. The van der Waals surface area contributed by atoms with Crippen LogP contribution in [0.3, 0.4) is 0 Å². The minimum absolute atomic E-state index is 0. The van der Waals surface area contributed by atoms with Crippen LogP contribution >= 0.6 is 0 Å². The monoisotopic (exact) mass is 321 g/mol. The quantitative estimate of drug-likeness (QED) is 0.416. The van der Waals surface area contributed by atoms with E-state index >= 15 is 0 Å². The van der Waals surface area contributed by atoms with E-state index in [1.807, 2.05) is 69.2 Å². The first-order chi connectivity index (χ1) is 8.46. The third-order valence-electron chi connectivity index (χ3n) is 0. The van der Waals surface area contributed by atoms with Gasteiger partial charge in [0, 0.05) is 1.43 Å². The normalized spacial score (nSPS) is 4.86. The Morgan fingerprint density at radius 1 is 0.381 bits per heavy atom. The van der Waals surface area contributed by atoms with Crippen LogP contribution in [0.5, 0.6) is 0 Å². The predicted octanol–water partition coefficient (Wildman–Crippen LogP) is 10.1. The summed E-state index contributed by atoms with van der Waals surface area (Å²) in [7, 11) is 0. The van der Waals surface area contributed by atoms with Gasteiger partial charge in [0.15, 0.2) is 0 Å². The standard InChI is InChI=1S/2C4H10.5C2H6.2CH4.FH.H2/c2*1-4(2)3;5*1-2;;;;/h2*4H,1-3H3;5*1-2H3;2*1H4;2*1H/i;;;;;;;;;;1+1. The van der Waals surface area contributed by atoms with Gasteiger partial charge in [-0.15, -0.1) is 0 Å². The molecule has 0 aliphatic rings. The average Bonchev–Trinajstić information content (AvgIpc) is 2.39. The average molecular weight is 322 g/mol. The largest absolute Gasteiger partial charge is 0.269 e. The lowest BCUT2D eigenvalue weighted by molar-refractivity contribution is 0.736. The number of hydrogen-bond acceptors (Lipinski definition) is 0. The Bertz CT molecular complexity index is 27.2. The molecule has 0 aliphatic heterocycles. The Kier molecular flexibility index (Phi) is 673. The second-order valence-corrected chi connectivity index (χ2v) is 3.46. The van der Waals surface area contributed by atoms with Crippen molar-refractivity contribution in [1.82, 2.24) is 0 Å². The highest BCUT2D eigenvalue weighted by Gasteiger charge is 1.68. The molecular weight excluding hydrogens is 259 g/mol. The molecule has 0 atom stereocenters. The molecule has 0 aromatic rings. The fourth-order valence-electron chi connectivity index (χ4n) is 0. The van der Waals surface area contributed by atoms with Crippen molar-refractivity contribution in [1.29, 1.82) is 0 Å². The van der Waals surface area contributed by atoms with E-state index in [1.165, 1.54) is 0 Å². The lowest BCUT2D eigenvalue weighted by atomic mass is 10.3. The van der Waals surface area contributed by atoms with Crippen molar-refractivity contribution in [3.8, 4) is 0 Å². The van der Waals surface area contributed by atoms with Crippen LogP contribution in [-0.4, -0.2) is 0 Å². The fraction of sp³-hybridized carbons (Fsp3) is 1.00. The van der Waals surface area contributed by atoms with Crippen LogP contribution in [0.2, 0.25) is 0 Å².